The first-order chi connectivity index (χ1) is 7.22. The van der Waals surface area contributed by atoms with Crippen LogP contribution in [0.15, 0.2) is 0 Å². The van der Waals surface area contributed by atoms with Crippen LogP contribution in [-0.4, -0.2) is 23.2 Å². The lowest BCUT2D eigenvalue weighted by atomic mass is 10.3. The van der Waals surface area contributed by atoms with Crippen molar-refractivity contribution in [3.05, 3.63) is 5.56 Å². The van der Waals surface area contributed by atoms with Crippen LogP contribution in [0.1, 0.15) is 19.4 Å². The van der Waals surface area contributed by atoms with Crippen LogP contribution in [0.5, 0.6) is 11.8 Å². The predicted octanol–water partition coefficient (Wildman–Crippen LogP) is 0.728. The summed E-state index contributed by atoms with van der Waals surface area (Å²) in [6.45, 7) is 4.38. The van der Waals surface area contributed by atoms with Gasteiger partial charge in [-0.25, -0.2) is 0 Å². The summed E-state index contributed by atoms with van der Waals surface area (Å²) in [5.74, 6) is 0.354. The molecule has 1 aromatic heterocycles. The number of rotatable bonds is 4. The Hall–Kier alpha value is -2.03. The zero-order chi connectivity index (χ0) is 11.3. The molecule has 6 heteroatoms. The van der Waals surface area contributed by atoms with Gasteiger partial charge in [-0.1, -0.05) is 0 Å². The molecule has 80 valence electrons. The Bertz CT molecular complexity index is 359. The quantitative estimate of drug-likeness (QED) is 0.783. The number of hydrogen-bond donors (Lipinski definition) is 1. The summed E-state index contributed by atoms with van der Waals surface area (Å²) in [7, 11) is 0. The molecule has 0 saturated heterocycles. The van der Waals surface area contributed by atoms with Gasteiger partial charge in [-0.05, 0) is 13.8 Å². The molecule has 15 heavy (non-hydrogen) atoms. The van der Waals surface area contributed by atoms with Gasteiger partial charge in [0, 0.05) is 0 Å². The largest absolute Gasteiger partial charge is 0.477 e. The number of anilines is 1. The van der Waals surface area contributed by atoms with E-state index in [1.54, 1.807) is 13.8 Å². The second-order valence-corrected chi connectivity index (χ2v) is 2.54. The normalized spacial score (nSPS) is 9.40. The Labute approximate surface area is 87.7 Å². The van der Waals surface area contributed by atoms with E-state index in [1.165, 1.54) is 0 Å². The molecule has 2 N–H and O–H groups in total. The lowest BCUT2D eigenvalue weighted by Gasteiger charge is -2.08. The second-order valence-electron chi connectivity index (χ2n) is 2.54. The van der Waals surface area contributed by atoms with E-state index in [-0.39, 0.29) is 23.3 Å². The highest BCUT2D eigenvalue weighted by Crippen LogP contribution is 2.24. The van der Waals surface area contributed by atoms with Crippen LogP contribution in [-0.2, 0) is 0 Å². The average Bonchev–Trinajstić information content (AvgIpc) is 2.18. The number of nitrogen functional groups attached to an aromatic ring is 1. The molecule has 1 aromatic rings. The van der Waals surface area contributed by atoms with Gasteiger partial charge in [-0.3, -0.25) is 0 Å². The Morgan fingerprint density at radius 3 is 2.00 bits per heavy atom. The average molecular weight is 208 g/mol. The summed E-state index contributed by atoms with van der Waals surface area (Å²) in [5, 5.41) is 8.91. The fourth-order valence-corrected chi connectivity index (χ4v) is 1.01. The molecule has 0 amide bonds. The monoisotopic (exact) mass is 208 g/mol. The summed E-state index contributed by atoms with van der Waals surface area (Å²) < 4.78 is 10.3. The smallest absolute Gasteiger partial charge is 0.240 e. The summed E-state index contributed by atoms with van der Waals surface area (Å²) in [6, 6.07) is 1.93. The molecule has 0 fully saturated rings. The Morgan fingerprint density at radius 2 is 1.67 bits per heavy atom. The third-order valence-corrected chi connectivity index (χ3v) is 1.53. The summed E-state index contributed by atoms with van der Waals surface area (Å²) in [5.41, 5.74) is 5.63. The molecular formula is C9H12N4O2. The summed E-state index contributed by atoms with van der Waals surface area (Å²) >= 11 is 0. The zero-order valence-corrected chi connectivity index (χ0v) is 8.65. The molecule has 0 aliphatic heterocycles. The van der Waals surface area contributed by atoms with Gasteiger partial charge in [0.1, 0.15) is 6.07 Å². The number of aromatic nitrogens is 2. The minimum atomic E-state index is 0.0286. The molecule has 0 bridgehead atoms. The fraction of sp³-hybridized carbons (Fsp3) is 0.444. The minimum absolute atomic E-state index is 0.0286. The molecule has 6 nitrogen and oxygen atoms in total. The lowest BCUT2D eigenvalue weighted by Crippen LogP contribution is -2.06. The van der Waals surface area contributed by atoms with E-state index in [9.17, 15) is 0 Å². The van der Waals surface area contributed by atoms with Crippen molar-refractivity contribution >= 4 is 5.95 Å². The SMILES string of the molecule is CCOc1nc(N)nc(OCC)c1C#N. The van der Waals surface area contributed by atoms with Crippen LogP contribution in [0.3, 0.4) is 0 Å². The van der Waals surface area contributed by atoms with Gasteiger partial charge in [-0.15, -0.1) is 0 Å². The van der Waals surface area contributed by atoms with Crippen LogP contribution < -0.4 is 15.2 Å². The standard InChI is InChI=1S/C9H12N4O2/c1-3-14-7-6(5-10)8(15-4-2)13-9(11)12-7/h3-4H2,1-2H3,(H2,11,12,13). The van der Waals surface area contributed by atoms with E-state index in [2.05, 4.69) is 9.97 Å². The first-order valence-corrected chi connectivity index (χ1v) is 4.56. The molecule has 0 atom stereocenters. The molecule has 0 aliphatic rings. The van der Waals surface area contributed by atoms with Gasteiger partial charge in [0.2, 0.25) is 17.7 Å². The van der Waals surface area contributed by atoms with E-state index in [0.717, 1.165) is 0 Å². The van der Waals surface area contributed by atoms with E-state index >= 15 is 0 Å². The Balaban J connectivity index is 3.20. The van der Waals surface area contributed by atoms with Crippen molar-refractivity contribution < 1.29 is 9.47 Å². The lowest BCUT2D eigenvalue weighted by molar-refractivity contribution is 0.304. The first-order valence-electron chi connectivity index (χ1n) is 4.56. The Morgan fingerprint density at radius 1 is 1.20 bits per heavy atom. The topological polar surface area (TPSA) is 94.1 Å². The minimum Gasteiger partial charge on any atom is -0.477 e. The molecule has 0 saturated carbocycles. The van der Waals surface area contributed by atoms with Gasteiger partial charge in [0.05, 0.1) is 13.2 Å². The van der Waals surface area contributed by atoms with Crippen LogP contribution in [0.2, 0.25) is 0 Å². The maximum Gasteiger partial charge on any atom is 0.240 e. The highest BCUT2D eigenvalue weighted by atomic mass is 16.5. The fourth-order valence-electron chi connectivity index (χ4n) is 1.01. The first kappa shape index (κ1) is 11.0. The van der Waals surface area contributed by atoms with Crippen molar-refractivity contribution in [1.82, 2.24) is 9.97 Å². The van der Waals surface area contributed by atoms with Crippen molar-refractivity contribution in [2.24, 2.45) is 0 Å². The molecule has 1 heterocycles. The highest BCUT2D eigenvalue weighted by Gasteiger charge is 2.15. The molecule has 0 radical (unpaired) electrons. The van der Waals surface area contributed by atoms with Crippen molar-refractivity contribution in [2.45, 2.75) is 13.8 Å². The molecule has 0 aliphatic carbocycles. The molecule has 0 spiro atoms. The van der Waals surface area contributed by atoms with E-state index in [0.29, 0.717) is 13.2 Å². The van der Waals surface area contributed by atoms with Gasteiger partial charge < -0.3 is 15.2 Å². The van der Waals surface area contributed by atoms with E-state index in [4.69, 9.17) is 20.5 Å². The van der Waals surface area contributed by atoms with Gasteiger partial charge in [0.15, 0.2) is 5.56 Å². The maximum atomic E-state index is 8.91. The van der Waals surface area contributed by atoms with Crippen molar-refractivity contribution in [3.8, 4) is 17.8 Å². The number of nitrogens with zero attached hydrogens (tertiary/aromatic N) is 3. The van der Waals surface area contributed by atoms with Crippen LogP contribution in [0.25, 0.3) is 0 Å². The number of ether oxygens (including phenoxy) is 2. The van der Waals surface area contributed by atoms with Crippen molar-refractivity contribution in [3.63, 3.8) is 0 Å². The van der Waals surface area contributed by atoms with Crippen molar-refractivity contribution in [2.75, 3.05) is 18.9 Å². The van der Waals surface area contributed by atoms with Gasteiger partial charge in [-0.2, -0.15) is 15.2 Å². The van der Waals surface area contributed by atoms with Gasteiger partial charge in [0.25, 0.3) is 0 Å². The Kier molecular flexibility index (Phi) is 3.68. The maximum absolute atomic E-state index is 8.91. The third-order valence-electron chi connectivity index (χ3n) is 1.53. The van der Waals surface area contributed by atoms with Crippen molar-refractivity contribution in [1.29, 1.82) is 5.26 Å². The number of nitrogens with two attached hydrogens (primary N) is 1. The zero-order valence-electron chi connectivity index (χ0n) is 8.65. The highest BCUT2D eigenvalue weighted by molar-refractivity contribution is 5.48. The van der Waals surface area contributed by atoms with Crippen LogP contribution in [0, 0.1) is 11.3 Å². The third kappa shape index (κ3) is 2.47. The second kappa shape index (κ2) is 5.00. The summed E-state index contributed by atoms with van der Waals surface area (Å²) in [6.07, 6.45) is 0. The van der Waals surface area contributed by atoms with E-state index < -0.39 is 0 Å². The molecular weight excluding hydrogens is 196 g/mol. The predicted molar refractivity (Wildman–Crippen MR) is 53.5 cm³/mol. The number of hydrogen-bond acceptors (Lipinski definition) is 6. The summed E-state index contributed by atoms with van der Waals surface area (Å²) in [4.78, 5) is 7.64. The van der Waals surface area contributed by atoms with Crippen LogP contribution in [0.4, 0.5) is 5.95 Å². The van der Waals surface area contributed by atoms with Crippen LogP contribution >= 0.6 is 0 Å². The molecule has 0 unspecified atom stereocenters. The molecule has 1 rings (SSSR count). The van der Waals surface area contributed by atoms with E-state index in [1.807, 2.05) is 6.07 Å². The van der Waals surface area contributed by atoms with Gasteiger partial charge >= 0.3 is 0 Å². The number of nitriles is 1. The molecule has 0 aromatic carbocycles.